The van der Waals surface area contributed by atoms with Crippen LogP contribution < -0.4 is 10.6 Å². The van der Waals surface area contributed by atoms with Crippen LogP contribution in [0.25, 0.3) is 0 Å². The Kier molecular flexibility index (Phi) is 9.26. The molecule has 0 bridgehead atoms. The SMILES string of the molecule is CNc1cc(C(C)NC(=O)c2ccc(COCC(F)(F)F)cc2)ccn1.OCC1CC1. The van der Waals surface area contributed by atoms with E-state index in [2.05, 4.69) is 20.4 Å². The Balaban J connectivity index is 0.000000597. The van der Waals surface area contributed by atoms with E-state index in [-0.39, 0.29) is 18.6 Å². The first-order valence-corrected chi connectivity index (χ1v) is 10.0. The van der Waals surface area contributed by atoms with Crippen molar-refractivity contribution in [1.29, 1.82) is 0 Å². The molecule has 3 N–H and O–H groups in total. The van der Waals surface area contributed by atoms with E-state index in [1.54, 1.807) is 37.5 Å². The second kappa shape index (κ2) is 11.7. The summed E-state index contributed by atoms with van der Waals surface area (Å²) in [6.07, 6.45) is -0.178. The summed E-state index contributed by atoms with van der Waals surface area (Å²) in [7, 11) is 1.76. The van der Waals surface area contributed by atoms with Crippen LogP contribution in [-0.2, 0) is 11.3 Å². The molecule has 0 radical (unpaired) electrons. The summed E-state index contributed by atoms with van der Waals surface area (Å²) < 4.78 is 40.7. The molecule has 0 saturated heterocycles. The highest BCUT2D eigenvalue weighted by atomic mass is 19.4. The van der Waals surface area contributed by atoms with Gasteiger partial charge < -0.3 is 20.5 Å². The molecule has 1 aromatic heterocycles. The van der Waals surface area contributed by atoms with E-state index in [1.807, 2.05) is 19.1 Å². The zero-order valence-corrected chi connectivity index (χ0v) is 17.6. The Labute approximate surface area is 179 Å². The highest BCUT2D eigenvalue weighted by molar-refractivity contribution is 5.94. The third-order valence-electron chi connectivity index (χ3n) is 4.59. The zero-order chi connectivity index (χ0) is 22.9. The van der Waals surface area contributed by atoms with Crippen LogP contribution in [0.1, 0.15) is 47.3 Å². The van der Waals surface area contributed by atoms with Gasteiger partial charge in [0.15, 0.2) is 0 Å². The van der Waals surface area contributed by atoms with Crippen molar-refractivity contribution in [2.75, 3.05) is 25.6 Å². The summed E-state index contributed by atoms with van der Waals surface area (Å²) in [5.41, 5.74) is 1.88. The average Bonchev–Trinajstić information content (AvgIpc) is 3.58. The molecule has 1 aliphatic rings. The minimum atomic E-state index is -4.35. The summed E-state index contributed by atoms with van der Waals surface area (Å²) in [5, 5.41) is 14.0. The summed E-state index contributed by atoms with van der Waals surface area (Å²) in [6.45, 7) is 0.806. The number of halogens is 3. The van der Waals surface area contributed by atoms with Gasteiger partial charge in [-0.05, 0) is 61.1 Å². The van der Waals surface area contributed by atoms with Gasteiger partial charge >= 0.3 is 6.18 Å². The molecule has 1 atom stereocenters. The largest absolute Gasteiger partial charge is 0.411 e. The van der Waals surface area contributed by atoms with Crippen molar-refractivity contribution in [3.63, 3.8) is 0 Å². The number of ether oxygens (including phenoxy) is 1. The molecule has 1 aromatic carbocycles. The lowest BCUT2D eigenvalue weighted by atomic mass is 10.1. The fraction of sp³-hybridized carbons (Fsp3) is 0.455. The summed E-state index contributed by atoms with van der Waals surface area (Å²) in [6, 6.07) is 9.68. The molecule has 31 heavy (non-hydrogen) atoms. The molecule has 9 heteroatoms. The number of rotatable bonds is 8. The van der Waals surface area contributed by atoms with E-state index in [9.17, 15) is 18.0 Å². The van der Waals surface area contributed by atoms with E-state index in [4.69, 9.17) is 5.11 Å². The number of aromatic nitrogens is 1. The van der Waals surface area contributed by atoms with E-state index >= 15 is 0 Å². The fourth-order valence-corrected chi connectivity index (χ4v) is 2.55. The topological polar surface area (TPSA) is 83.5 Å². The highest BCUT2D eigenvalue weighted by Crippen LogP contribution is 2.27. The van der Waals surface area contributed by atoms with Crippen LogP contribution in [0, 0.1) is 5.92 Å². The number of carbonyl (C=O) groups is 1. The van der Waals surface area contributed by atoms with Crippen molar-refractivity contribution in [2.24, 2.45) is 5.92 Å². The third kappa shape index (κ3) is 9.35. The monoisotopic (exact) mass is 439 g/mol. The van der Waals surface area contributed by atoms with Gasteiger partial charge in [0.1, 0.15) is 12.4 Å². The molecule has 2 aromatic rings. The van der Waals surface area contributed by atoms with Crippen LogP contribution in [0.3, 0.4) is 0 Å². The second-order valence-corrected chi connectivity index (χ2v) is 7.35. The van der Waals surface area contributed by atoms with Gasteiger partial charge in [0.25, 0.3) is 5.91 Å². The van der Waals surface area contributed by atoms with Gasteiger partial charge in [0.05, 0.1) is 12.6 Å². The maximum atomic E-state index is 12.3. The highest BCUT2D eigenvalue weighted by Gasteiger charge is 2.27. The molecule has 1 heterocycles. The van der Waals surface area contributed by atoms with E-state index in [1.165, 1.54) is 12.8 Å². The smallest absolute Gasteiger partial charge is 0.396 e. The van der Waals surface area contributed by atoms with Crippen molar-refractivity contribution in [3.05, 3.63) is 59.3 Å². The molecule has 1 amide bonds. The Bertz CT molecular complexity index is 825. The Morgan fingerprint density at radius 3 is 2.45 bits per heavy atom. The number of alkyl halides is 3. The first-order valence-electron chi connectivity index (χ1n) is 10.0. The second-order valence-electron chi connectivity index (χ2n) is 7.35. The quantitative estimate of drug-likeness (QED) is 0.577. The molecule has 0 spiro atoms. The Morgan fingerprint density at radius 1 is 1.26 bits per heavy atom. The summed E-state index contributed by atoms with van der Waals surface area (Å²) in [5.74, 6) is 1.12. The molecular formula is C22H28F3N3O3. The van der Waals surface area contributed by atoms with Crippen LogP contribution in [-0.4, -0.2) is 42.4 Å². The van der Waals surface area contributed by atoms with Gasteiger partial charge in [-0.25, -0.2) is 4.98 Å². The predicted octanol–water partition coefficient (Wildman–Crippen LogP) is 4.08. The van der Waals surface area contributed by atoms with Crippen molar-refractivity contribution < 1.29 is 27.8 Å². The van der Waals surface area contributed by atoms with Gasteiger partial charge in [-0.15, -0.1) is 0 Å². The number of aliphatic hydroxyl groups excluding tert-OH is 1. The molecular weight excluding hydrogens is 411 g/mol. The van der Waals surface area contributed by atoms with Crippen LogP contribution in [0.4, 0.5) is 19.0 Å². The molecule has 3 rings (SSSR count). The van der Waals surface area contributed by atoms with Gasteiger partial charge in [0.2, 0.25) is 0 Å². The Morgan fingerprint density at radius 2 is 1.94 bits per heavy atom. The number of nitrogens with zero attached hydrogens (tertiary/aromatic N) is 1. The number of benzene rings is 1. The van der Waals surface area contributed by atoms with Crippen molar-refractivity contribution >= 4 is 11.7 Å². The lowest BCUT2D eigenvalue weighted by Gasteiger charge is -2.15. The number of amides is 1. The minimum Gasteiger partial charge on any atom is -0.396 e. The first kappa shape index (κ1) is 24.6. The summed E-state index contributed by atoms with van der Waals surface area (Å²) in [4.78, 5) is 16.4. The number of nitrogens with one attached hydrogen (secondary N) is 2. The van der Waals surface area contributed by atoms with Gasteiger partial charge in [0, 0.05) is 25.4 Å². The minimum absolute atomic E-state index is 0.165. The van der Waals surface area contributed by atoms with Crippen LogP contribution in [0.5, 0.6) is 0 Å². The normalized spacial score (nSPS) is 14.3. The van der Waals surface area contributed by atoms with Crippen molar-refractivity contribution in [2.45, 2.75) is 38.6 Å². The molecule has 170 valence electrons. The first-order chi connectivity index (χ1) is 14.7. The molecule has 1 fully saturated rings. The number of anilines is 1. The number of hydrogen-bond acceptors (Lipinski definition) is 5. The molecule has 1 aliphatic carbocycles. The van der Waals surface area contributed by atoms with Gasteiger partial charge in [-0.3, -0.25) is 4.79 Å². The zero-order valence-electron chi connectivity index (χ0n) is 17.6. The Hall–Kier alpha value is -2.65. The molecule has 0 aliphatic heterocycles. The number of pyridine rings is 1. The van der Waals surface area contributed by atoms with Crippen molar-refractivity contribution in [1.82, 2.24) is 10.3 Å². The number of aliphatic hydroxyl groups is 1. The molecule has 1 saturated carbocycles. The van der Waals surface area contributed by atoms with Gasteiger partial charge in [-0.1, -0.05) is 12.1 Å². The van der Waals surface area contributed by atoms with Gasteiger partial charge in [-0.2, -0.15) is 13.2 Å². The van der Waals surface area contributed by atoms with E-state index in [0.29, 0.717) is 29.5 Å². The molecule has 6 nitrogen and oxygen atoms in total. The number of carbonyl (C=O) groups excluding carboxylic acids is 1. The standard InChI is InChI=1S/C18H20F3N3O2.C4H8O/c1-12(15-7-8-23-16(9-15)22-2)24-17(25)14-5-3-13(4-6-14)10-26-11-18(19,20)21;5-3-4-1-2-4/h3-9,12H,10-11H2,1-2H3,(H,22,23)(H,24,25);4-5H,1-3H2. The summed E-state index contributed by atoms with van der Waals surface area (Å²) >= 11 is 0. The van der Waals surface area contributed by atoms with Crippen molar-refractivity contribution in [3.8, 4) is 0 Å². The average molecular weight is 439 g/mol. The van der Waals surface area contributed by atoms with Crippen LogP contribution in [0.2, 0.25) is 0 Å². The third-order valence-corrected chi connectivity index (χ3v) is 4.59. The van der Waals surface area contributed by atoms with Crippen LogP contribution >= 0.6 is 0 Å². The van der Waals surface area contributed by atoms with Crippen LogP contribution in [0.15, 0.2) is 42.6 Å². The predicted molar refractivity (Wildman–Crippen MR) is 112 cm³/mol. The van der Waals surface area contributed by atoms with E-state index < -0.39 is 12.8 Å². The maximum Gasteiger partial charge on any atom is 0.411 e. The lowest BCUT2D eigenvalue weighted by Crippen LogP contribution is -2.26. The number of hydrogen-bond donors (Lipinski definition) is 3. The van der Waals surface area contributed by atoms with E-state index in [0.717, 1.165) is 5.56 Å². The lowest BCUT2D eigenvalue weighted by molar-refractivity contribution is -0.176. The fourth-order valence-electron chi connectivity index (χ4n) is 2.55. The maximum absolute atomic E-state index is 12.3. The molecule has 1 unspecified atom stereocenters.